The van der Waals surface area contributed by atoms with Gasteiger partial charge in [0.1, 0.15) is 0 Å². The Labute approximate surface area is 138 Å². The number of aryl methyl sites for hydroxylation is 1. The fourth-order valence-corrected chi connectivity index (χ4v) is 3.39. The highest BCUT2D eigenvalue weighted by Crippen LogP contribution is 2.34. The minimum Gasteiger partial charge on any atom is -0.384 e. The van der Waals surface area contributed by atoms with Gasteiger partial charge in [0.25, 0.3) is 5.69 Å². The average Bonchev–Trinajstić information content (AvgIpc) is 2.49. The van der Waals surface area contributed by atoms with Gasteiger partial charge in [0.2, 0.25) is 0 Å². The molecule has 1 aromatic rings. The third-order valence-corrected chi connectivity index (χ3v) is 4.91. The smallest absolute Gasteiger partial charge is 0.273 e. The third kappa shape index (κ3) is 3.97. The third-order valence-electron chi connectivity index (χ3n) is 4.25. The second-order valence-corrected chi connectivity index (χ2v) is 6.77. The number of rotatable bonds is 6. The van der Waals surface area contributed by atoms with E-state index in [1.807, 2.05) is 6.07 Å². The molecule has 0 saturated carbocycles. The van der Waals surface area contributed by atoms with Crippen LogP contribution < -0.4 is 10.6 Å². The van der Waals surface area contributed by atoms with Crippen LogP contribution in [0.4, 0.5) is 11.4 Å². The highest BCUT2D eigenvalue weighted by Gasteiger charge is 2.32. The minimum atomic E-state index is -0.358. The molecule has 0 aliphatic carbocycles. The summed E-state index contributed by atoms with van der Waals surface area (Å²) in [5.41, 5.74) is 1.78. The number of nitro groups is 1. The quantitative estimate of drug-likeness (QED) is 0.593. The molecule has 1 saturated heterocycles. The van der Waals surface area contributed by atoms with Crippen LogP contribution in [0.25, 0.3) is 0 Å². The van der Waals surface area contributed by atoms with Crippen LogP contribution in [0.1, 0.15) is 18.4 Å². The second-order valence-electron chi connectivity index (χ2n) is 5.91. The first-order valence-corrected chi connectivity index (χ1v) is 8.15. The molecule has 0 unspecified atom stereocenters. The summed E-state index contributed by atoms with van der Waals surface area (Å²) in [6.07, 6.45) is 2.11. The van der Waals surface area contributed by atoms with Gasteiger partial charge in [-0.15, -0.1) is 0 Å². The molecule has 0 spiro atoms. The molecule has 6 nitrogen and oxygen atoms in total. The van der Waals surface area contributed by atoms with Crippen LogP contribution in [-0.4, -0.2) is 38.3 Å². The summed E-state index contributed by atoms with van der Waals surface area (Å²) >= 11 is 3.42. The van der Waals surface area contributed by atoms with Crippen molar-refractivity contribution in [3.63, 3.8) is 0 Å². The number of ether oxygens (including phenoxy) is 1. The Balaban J connectivity index is 2.13. The zero-order valence-corrected chi connectivity index (χ0v) is 14.5. The molecule has 22 heavy (non-hydrogen) atoms. The molecule has 0 amide bonds. The van der Waals surface area contributed by atoms with Crippen molar-refractivity contribution in [1.82, 2.24) is 5.32 Å². The molecule has 7 heteroatoms. The van der Waals surface area contributed by atoms with Crippen molar-refractivity contribution >= 4 is 27.3 Å². The van der Waals surface area contributed by atoms with E-state index in [0.717, 1.165) is 38.2 Å². The lowest BCUT2D eigenvalue weighted by Gasteiger charge is -2.37. The van der Waals surface area contributed by atoms with E-state index < -0.39 is 0 Å². The van der Waals surface area contributed by atoms with Gasteiger partial charge in [-0.2, -0.15) is 0 Å². The SMILES string of the molecule is COCC1(CNc2cc(C)c([N+](=O)[O-])cc2Br)CCNCC1. The van der Waals surface area contributed by atoms with Gasteiger partial charge in [0.15, 0.2) is 0 Å². The van der Waals surface area contributed by atoms with Gasteiger partial charge >= 0.3 is 0 Å². The monoisotopic (exact) mass is 371 g/mol. The first-order chi connectivity index (χ1) is 10.5. The van der Waals surface area contributed by atoms with Crippen LogP contribution in [0.5, 0.6) is 0 Å². The summed E-state index contributed by atoms with van der Waals surface area (Å²) in [5, 5.41) is 17.8. The number of halogens is 1. The molecular formula is C15H22BrN3O3. The number of nitrogens with zero attached hydrogens (tertiary/aromatic N) is 1. The molecule has 0 radical (unpaired) electrons. The summed E-state index contributed by atoms with van der Waals surface area (Å²) in [6, 6.07) is 3.38. The molecule has 0 bridgehead atoms. The van der Waals surface area contributed by atoms with Gasteiger partial charge < -0.3 is 15.4 Å². The summed E-state index contributed by atoms with van der Waals surface area (Å²) in [5.74, 6) is 0. The summed E-state index contributed by atoms with van der Waals surface area (Å²) in [6.45, 7) is 5.24. The summed E-state index contributed by atoms with van der Waals surface area (Å²) in [7, 11) is 1.73. The van der Waals surface area contributed by atoms with Crippen LogP contribution in [0, 0.1) is 22.5 Å². The number of anilines is 1. The van der Waals surface area contributed by atoms with Crippen molar-refractivity contribution in [3.05, 3.63) is 32.3 Å². The number of hydrogen-bond donors (Lipinski definition) is 2. The van der Waals surface area contributed by atoms with Crippen molar-refractivity contribution in [2.75, 3.05) is 38.7 Å². The van der Waals surface area contributed by atoms with Crippen LogP contribution in [0.2, 0.25) is 0 Å². The maximum absolute atomic E-state index is 11.0. The van der Waals surface area contributed by atoms with Gasteiger partial charge in [-0.25, -0.2) is 0 Å². The maximum Gasteiger partial charge on any atom is 0.273 e. The Bertz CT molecular complexity index is 540. The van der Waals surface area contributed by atoms with Crippen LogP contribution >= 0.6 is 15.9 Å². The van der Waals surface area contributed by atoms with Crippen LogP contribution in [0.15, 0.2) is 16.6 Å². The fourth-order valence-electron chi connectivity index (χ4n) is 2.92. The molecule has 1 fully saturated rings. The minimum absolute atomic E-state index is 0.106. The van der Waals surface area contributed by atoms with E-state index in [9.17, 15) is 10.1 Å². The van der Waals surface area contributed by atoms with Crippen molar-refractivity contribution in [3.8, 4) is 0 Å². The molecule has 1 aliphatic heterocycles. The Morgan fingerprint density at radius 2 is 2.14 bits per heavy atom. The predicted octanol–water partition coefficient (Wildman–Crippen LogP) is 3.09. The molecule has 2 rings (SSSR count). The Kier molecular flexibility index (Phi) is 5.77. The van der Waals surface area contributed by atoms with E-state index in [1.54, 1.807) is 20.1 Å². The molecule has 122 valence electrons. The topological polar surface area (TPSA) is 76.4 Å². The molecule has 0 aromatic heterocycles. The Hall–Kier alpha value is -1.18. The lowest BCUT2D eigenvalue weighted by molar-refractivity contribution is -0.385. The first kappa shape index (κ1) is 17.2. The molecule has 2 N–H and O–H groups in total. The predicted molar refractivity (Wildman–Crippen MR) is 90.4 cm³/mol. The van der Waals surface area contributed by atoms with Gasteiger partial charge in [-0.05, 0) is 54.9 Å². The average molecular weight is 372 g/mol. The second kappa shape index (κ2) is 7.39. The van der Waals surface area contributed by atoms with E-state index in [2.05, 4.69) is 26.6 Å². The standard InChI is InChI=1S/C15H22BrN3O3/c1-11-7-13(12(16)8-14(11)19(20)21)18-9-15(10-22-2)3-5-17-6-4-15/h7-8,17-18H,3-6,9-10H2,1-2H3. The normalized spacial score (nSPS) is 17.2. The fraction of sp³-hybridized carbons (Fsp3) is 0.600. The lowest BCUT2D eigenvalue weighted by Crippen LogP contribution is -2.44. The van der Waals surface area contributed by atoms with E-state index in [-0.39, 0.29) is 16.0 Å². The van der Waals surface area contributed by atoms with Gasteiger partial charge in [0, 0.05) is 40.9 Å². The van der Waals surface area contributed by atoms with E-state index >= 15 is 0 Å². The number of nitro benzene ring substituents is 1. The van der Waals surface area contributed by atoms with Crippen LogP contribution in [0.3, 0.4) is 0 Å². The van der Waals surface area contributed by atoms with E-state index in [1.165, 1.54) is 0 Å². The van der Waals surface area contributed by atoms with Gasteiger partial charge in [0.05, 0.1) is 11.5 Å². The summed E-state index contributed by atoms with van der Waals surface area (Å²) in [4.78, 5) is 10.6. The van der Waals surface area contributed by atoms with Crippen molar-refractivity contribution in [1.29, 1.82) is 0 Å². The van der Waals surface area contributed by atoms with E-state index in [4.69, 9.17) is 4.74 Å². The summed E-state index contributed by atoms with van der Waals surface area (Å²) < 4.78 is 6.12. The first-order valence-electron chi connectivity index (χ1n) is 7.35. The van der Waals surface area contributed by atoms with Gasteiger partial charge in [-0.1, -0.05) is 0 Å². The highest BCUT2D eigenvalue weighted by atomic mass is 79.9. The van der Waals surface area contributed by atoms with E-state index in [0.29, 0.717) is 16.6 Å². The number of piperidine rings is 1. The molecule has 1 heterocycles. The van der Waals surface area contributed by atoms with Crippen LogP contribution in [-0.2, 0) is 4.74 Å². The highest BCUT2D eigenvalue weighted by molar-refractivity contribution is 9.10. The van der Waals surface area contributed by atoms with Gasteiger partial charge in [-0.3, -0.25) is 10.1 Å². The van der Waals surface area contributed by atoms with Crippen molar-refractivity contribution in [2.24, 2.45) is 5.41 Å². The molecule has 1 aliphatic rings. The molecule has 0 atom stereocenters. The molecular weight excluding hydrogens is 350 g/mol. The number of methoxy groups -OCH3 is 1. The largest absolute Gasteiger partial charge is 0.384 e. The Morgan fingerprint density at radius 1 is 1.45 bits per heavy atom. The van der Waals surface area contributed by atoms with Crippen molar-refractivity contribution < 1.29 is 9.66 Å². The zero-order valence-electron chi connectivity index (χ0n) is 12.9. The zero-order chi connectivity index (χ0) is 16.2. The molecule has 1 aromatic carbocycles. The van der Waals surface area contributed by atoms with Crippen molar-refractivity contribution in [2.45, 2.75) is 19.8 Å². The number of benzene rings is 1. The Morgan fingerprint density at radius 3 is 2.73 bits per heavy atom. The maximum atomic E-state index is 11.0. The lowest BCUT2D eigenvalue weighted by atomic mass is 9.79. The number of nitrogens with one attached hydrogen (secondary N) is 2. The number of hydrogen-bond acceptors (Lipinski definition) is 5.